The van der Waals surface area contributed by atoms with E-state index in [2.05, 4.69) is 0 Å². The Labute approximate surface area is 371 Å². The highest BCUT2D eigenvalue weighted by molar-refractivity contribution is 6.23. The minimum Gasteiger partial charge on any atom is -0.455 e. The van der Waals surface area contributed by atoms with Crippen molar-refractivity contribution in [2.24, 2.45) is 0 Å². The van der Waals surface area contributed by atoms with Crippen molar-refractivity contribution in [1.82, 2.24) is 0 Å². The predicted molar refractivity (Wildman–Crippen MR) is 251 cm³/mol. The van der Waals surface area contributed by atoms with Crippen molar-refractivity contribution < 1.29 is 33.2 Å². The summed E-state index contributed by atoms with van der Waals surface area (Å²) in [5.74, 6) is 0. The van der Waals surface area contributed by atoms with Crippen molar-refractivity contribution in [2.45, 2.75) is 0 Å². The lowest BCUT2D eigenvalue weighted by molar-refractivity contribution is 0.670. The van der Waals surface area contributed by atoms with Gasteiger partial charge in [-0.2, -0.15) is 0 Å². The van der Waals surface area contributed by atoms with Gasteiger partial charge < -0.3 is 4.42 Å². The van der Waals surface area contributed by atoms with Crippen LogP contribution in [-0.2, 0) is 0 Å². The lowest BCUT2D eigenvalue weighted by Crippen LogP contribution is -1.91. The Bertz CT molecular complexity index is 4740. The molecule has 0 aliphatic carbocycles. The maximum absolute atomic E-state index is 9.44. The summed E-state index contributed by atoms with van der Waals surface area (Å²) in [6.45, 7) is 0. The summed E-state index contributed by atoms with van der Waals surface area (Å²) in [6, 6.07) is 13.0. The Hall–Kier alpha value is -7.74. The van der Waals surface area contributed by atoms with Gasteiger partial charge in [0.1, 0.15) is 11.2 Å². The highest BCUT2D eigenvalue weighted by Gasteiger charge is 2.19. The number of furan rings is 1. The molecule has 59 heavy (non-hydrogen) atoms. The lowest BCUT2D eigenvalue weighted by Gasteiger charge is -2.19. The maximum Gasteiger partial charge on any atom is 0.143 e. The van der Waals surface area contributed by atoms with Crippen LogP contribution >= 0.6 is 0 Å². The van der Waals surface area contributed by atoms with Crippen LogP contribution in [-0.4, -0.2) is 0 Å². The number of benzene rings is 11. The first-order valence-corrected chi connectivity index (χ1v) is 18.6. The SMILES string of the molecule is [2H]c1c([2H])c([2H])c2c(oc3c([2H])c(-c4cccc5ccccc45)c([2H])c([2H])c32)c1-c1cccc(-c2ccc(-c3c4c([2H])c([2H])c([2H])c([2H])c4c(-c4c([2H])c([2H])c([2H])c5c([2H])c([2H])c([2H])c([2H])c45)c4c([2H])c([2H])c([2H])c([2H])c34)cc2)c1. The first-order chi connectivity index (χ1) is 38.0. The topological polar surface area (TPSA) is 13.1 Å². The summed E-state index contributed by atoms with van der Waals surface area (Å²) in [5, 5.41) is -0.674. The van der Waals surface area contributed by atoms with E-state index in [1.54, 1.807) is 60.7 Å². The van der Waals surface area contributed by atoms with Crippen molar-refractivity contribution in [3.8, 4) is 55.6 Å². The monoisotopic (exact) mass is 769 g/mol. The van der Waals surface area contributed by atoms with Crippen molar-refractivity contribution in [3.63, 3.8) is 0 Å². The smallest absolute Gasteiger partial charge is 0.143 e. The fourth-order valence-electron chi connectivity index (χ4n) is 8.05. The molecule has 12 rings (SSSR count). The minimum absolute atomic E-state index is 0.00581. The van der Waals surface area contributed by atoms with Gasteiger partial charge in [0, 0.05) is 16.3 Å². The van der Waals surface area contributed by atoms with Gasteiger partial charge in [-0.3, -0.25) is 0 Å². The molecular formula is C58H36O. The molecule has 0 fully saturated rings. The van der Waals surface area contributed by atoms with E-state index < -0.39 is 125 Å². The predicted octanol–water partition coefficient (Wildman–Crippen LogP) is 16.5. The first kappa shape index (κ1) is 18.7. The summed E-state index contributed by atoms with van der Waals surface area (Å²) < 4.78 is 197. The Morgan fingerprint density at radius 3 is 1.75 bits per heavy atom. The molecule has 1 heteroatoms. The fraction of sp³-hybridized carbons (Fsp3) is 0. The molecule has 0 saturated heterocycles. The Morgan fingerprint density at radius 1 is 0.322 bits per heavy atom. The third-order valence-electron chi connectivity index (χ3n) is 10.7. The fourth-order valence-corrected chi connectivity index (χ4v) is 8.05. The maximum atomic E-state index is 9.44. The molecule has 1 aromatic heterocycles. The quantitative estimate of drug-likeness (QED) is 0.159. The van der Waals surface area contributed by atoms with Gasteiger partial charge in [0.05, 0.1) is 28.8 Å². The van der Waals surface area contributed by atoms with Crippen LogP contribution in [0, 0.1) is 0 Å². The van der Waals surface area contributed by atoms with Crippen molar-refractivity contribution >= 4 is 65.0 Å². The van der Waals surface area contributed by atoms with Crippen LogP contribution in [0.15, 0.2) is 222 Å². The van der Waals surface area contributed by atoms with E-state index in [4.69, 9.17) is 20.9 Å². The lowest BCUT2D eigenvalue weighted by atomic mass is 9.84. The molecule has 0 aliphatic rings. The zero-order valence-corrected chi connectivity index (χ0v) is 30.6. The van der Waals surface area contributed by atoms with Gasteiger partial charge in [-0.05, 0) is 111 Å². The highest BCUT2D eigenvalue weighted by atomic mass is 16.3. The van der Waals surface area contributed by atoms with Crippen LogP contribution in [0.2, 0.25) is 0 Å². The molecule has 11 aromatic carbocycles. The summed E-state index contributed by atoms with van der Waals surface area (Å²) >= 11 is 0. The standard InChI is InChI=1S/C58H36O/c1-3-19-44-38(13-1)15-10-25-46(44)43-33-34-48-54-28-12-26-47(58(54)59-55(48)36-43)42-18-9-17-41(35-42)37-29-31-40(32-30-37)56-50-21-5-7-23-52(50)57(53-24-8-6-22-51(53)56)49-27-11-16-39-14-2-4-20-45(39)49/h1-36H/i2D,4D,5D,6D,7D,8D,11D,12D,14D,16D,20D,21D,22D,23D,24D,26D,27D,28D,33D,34D,36D. The molecule has 0 spiro atoms. The molecule has 1 heterocycles. The summed E-state index contributed by atoms with van der Waals surface area (Å²) in [7, 11) is 0. The molecule has 1 nitrogen and oxygen atoms in total. The van der Waals surface area contributed by atoms with E-state index in [1.807, 2.05) is 30.3 Å². The molecule has 274 valence electrons. The van der Waals surface area contributed by atoms with E-state index in [0.717, 1.165) is 10.8 Å². The van der Waals surface area contributed by atoms with Crippen molar-refractivity contribution in [3.05, 3.63) is 218 Å². The molecule has 0 amide bonds. The van der Waals surface area contributed by atoms with E-state index >= 15 is 0 Å². The zero-order chi connectivity index (χ0) is 57.1. The van der Waals surface area contributed by atoms with Gasteiger partial charge in [-0.1, -0.05) is 200 Å². The molecule has 0 radical (unpaired) electrons. The van der Waals surface area contributed by atoms with Gasteiger partial charge in [-0.15, -0.1) is 0 Å². The average molecular weight is 770 g/mol. The van der Waals surface area contributed by atoms with E-state index in [1.165, 1.54) is 0 Å². The van der Waals surface area contributed by atoms with Gasteiger partial charge >= 0.3 is 0 Å². The number of fused-ring (bicyclic) bond motifs is 7. The van der Waals surface area contributed by atoms with Crippen molar-refractivity contribution in [2.75, 3.05) is 0 Å². The number of hydrogen-bond acceptors (Lipinski definition) is 1. The first-order valence-electron chi connectivity index (χ1n) is 29.1. The van der Waals surface area contributed by atoms with Crippen LogP contribution in [0.5, 0.6) is 0 Å². The molecule has 0 aliphatic heterocycles. The number of hydrogen-bond donors (Lipinski definition) is 0. The second-order valence-electron chi connectivity index (χ2n) is 13.9. The minimum atomic E-state index is -0.809. The van der Waals surface area contributed by atoms with E-state index in [9.17, 15) is 12.3 Å². The van der Waals surface area contributed by atoms with Crippen LogP contribution in [0.3, 0.4) is 0 Å². The number of rotatable bonds is 5. The Kier molecular flexibility index (Phi) is 4.25. The largest absolute Gasteiger partial charge is 0.455 e. The average Bonchev–Trinajstić information content (AvgIpc) is 3.97. The molecule has 0 N–H and O–H groups in total. The number of para-hydroxylation sites is 1. The van der Waals surface area contributed by atoms with Crippen molar-refractivity contribution in [1.29, 1.82) is 0 Å². The molecule has 0 bridgehead atoms. The van der Waals surface area contributed by atoms with E-state index in [-0.39, 0.29) is 89.9 Å². The van der Waals surface area contributed by atoms with Crippen LogP contribution < -0.4 is 0 Å². The Morgan fingerprint density at radius 2 is 0.932 bits per heavy atom. The zero-order valence-electron chi connectivity index (χ0n) is 51.6. The third kappa shape index (κ3) is 5.40. The van der Waals surface area contributed by atoms with Gasteiger partial charge in [0.25, 0.3) is 0 Å². The van der Waals surface area contributed by atoms with E-state index in [0.29, 0.717) is 22.3 Å². The van der Waals surface area contributed by atoms with Crippen LogP contribution in [0.4, 0.5) is 0 Å². The summed E-state index contributed by atoms with van der Waals surface area (Å²) in [4.78, 5) is 0. The van der Waals surface area contributed by atoms with Gasteiger partial charge in [0.2, 0.25) is 0 Å². The van der Waals surface area contributed by atoms with Gasteiger partial charge in [0.15, 0.2) is 0 Å². The molecule has 0 atom stereocenters. The molecular weight excluding hydrogens is 713 g/mol. The molecule has 0 unspecified atom stereocenters. The van der Waals surface area contributed by atoms with Crippen LogP contribution in [0.1, 0.15) is 28.8 Å². The second kappa shape index (κ2) is 13.4. The van der Waals surface area contributed by atoms with Gasteiger partial charge in [-0.25, -0.2) is 0 Å². The summed E-state index contributed by atoms with van der Waals surface area (Å²) in [6.07, 6.45) is 0. The highest BCUT2D eigenvalue weighted by Crippen LogP contribution is 2.46. The summed E-state index contributed by atoms with van der Waals surface area (Å²) in [5.41, 5.74) is 1.23. The van der Waals surface area contributed by atoms with Crippen LogP contribution in [0.25, 0.3) is 121 Å². The Balaban J connectivity index is 1.09. The molecule has 0 saturated carbocycles. The normalized spacial score (nSPS) is 16.7. The molecule has 12 aromatic rings. The second-order valence-corrected chi connectivity index (χ2v) is 13.9. The third-order valence-corrected chi connectivity index (χ3v) is 10.7.